The van der Waals surface area contributed by atoms with Gasteiger partial charge in [-0.3, -0.25) is 9.05 Å². The molecule has 0 aromatic heterocycles. The molecule has 0 aliphatic rings. The zero-order valence-corrected chi connectivity index (χ0v) is 17.1. The highest BCUT2D eigenvalue weighted by Gasteiger charge is 2.29. The van der Waals surface area contributed by atoms with Crippen LogP contribution in [-0.4, -0.2) is 6.09 Å². The number of phosphoric ester groups is 1. The number of benzene rings is 3. The van der Waals surface area contributed by atoms with Gasteiger partial charge in [0.25, 0.3) is 0 Å². The van der Waals surface area contributed by atoms with E-state index in [0.29, 0.717) is 11.3 Å². The molecular formula is C22H22NO6P. The van der Waals surface area contributed by atoms with E-state index in [-0.39, 0.29) is 19.8 Å². The summed E-state index contributed by atoms with van der Waals surface area (Å²) >= 11 is 0. The maximum absolute atomic E-state index is 13.3. The van der Waals surface area contributed by atoms with E-state index >= 15 is 0 Å². The molecule has 0 saturated carbocycles. The van der Waals surface area contributed by atoms with Gasteiger partial charge in [-0.25, -0.2) is 9.36 Å². The van der Waals surface area contributed by atoms with Crippen molar-refractivity contribution in [3.8, 4) is 5.75 Å². The average molecular weight is 427 g/mol. The molecule has 0 atom stereocenters. The maximum Gasteiger partial charge on any atom is 0.530 e. The Bertz CT molecular complexity index is 932. The summed E-state index contributed by atoms with van der Waals surface area (Å²) in [7, 11) is -3.92. The van der Waals surface area contributed by atoms with Gasteiger partial charge in [0.15, 0.2) is 0 Å². The van der Waals surface area contributed by atoms with Crippen LogP contribution in [0.15, 0.2) is 84.9 Å². The van der Waals surface area contributed by atoms with Crippen LogP contribution in [0.5, 0.6) is 5.75 Å². The van der Waals surface area contributed by atoms with Gasteiger partial charge in [0.2, 0.25) is 0 Å². The largest absolute Gasteiger partial charge is 0.530 e. The third-order valence-electron chi connectivity index (χ3n) is 3.99. The first-order valence-corrected chi connectivity index (χ1v) is 10.7. The third kappa shape index (κ3) is 7.04. The Morgan fingerprint density at radius 3 is 1.63 bits per heavy atom. The number of ether oxygens (including phenoxy) is 1. The molecule has 0 spiro atoms. The zero-order valence-electron chi connectivity index (χ0n) is 16.2. The van der Waals surface area contributed by atoms with Crippen LogP contribution in [0.1, 0.15) is 16.7 Å². The minimum Gasteiger partial charge on any atom is -0.445 e. The highest BCUT2D eigenvalue weighted by Crippen LogP contribution is 2.51. The van der Waals surface area contributed by atoms with Crippen molar-refractivity contribution in [1.82, 2.24) is 0 Å². The fraction of sp³-hybridized carbons (Fsp3) is 0.136. The Morgan fingerprint density at radius 1 is 0.700 bits per heavy atom. The van der Waals surface area contributed by atoms with Crippen LogP contribution in [0.2, 0.25) is 0 Å². The van der Waals surface area contributed by atoms with Crippen LogP contribution in [-0.2, 0) is 38.2 Å². The maximum atomic E-state index is 13.3. The fourth-order valence-electron chi connectivity index (χ4n) is 2.48. The van der Waals surface area contributed by atoms with E-state index in [4.69, 9.17) is 24.0 Å². The Labute approximate surface area is 175 Å². The number of hydrogen-bond acceptors (Lipinski definition) is 6. The van der Waals surface area contributed by atoms with E-state index in [2.05, 4.69) is 0 Å². The number of rotatable bonds is 10. The van der Waals surface area contributed by atoms with E-state index in [1.54, 1.807) is 24.3 Å². The van der Waals surface area contributed by atoms with Crippen LogP contribution in [0.4, 0.5) is 4.79 Å². The molecule has 0 aliphatic carbocycles. The average Bonchev–Trinajstić information content (AvgIpc) is 2.77. The van der Waals surface area contributed by atoms with Crippen LogP contribution in [0.25, 0.3) is 0 Å². The summed E-state index contributed by atoms with van der Waals surface area (Å²) in [6.45, 7) is 0.164. The lowest BCUT2D eigenvalue weighted by molar-refractivity contribution is 0.143. The van der Waals surface area contributed by atoms with Gasteiger partial charge < -0.3 is 15.0 Å². The SMILES string of the molecule is NC(=O)OCc1ccc(OP(=O)(OCc2ccccc2)OCc2ccccc2)cc1. The van der Waals surface area contributed by atoms with Crippen molar-refractivity contribution in [3.63, 3.8) is 0 Å². The highest BCUT2D eigenvalue weighted by molar-refractivity contribution is 7.48. The van der Waals surface area contributed by atoms with Crippen molar-refractivity contribution >= 4 is 13.9 Å². The van der Waals surface area contributed by atoms with Gasteiger partial charge in [0.1, 0.15) is 12.4 Å². The second-order valence-electron chi connectivity index (χ2n) is 6.31. The van der Waals surface area contributed by atoms with E-state index in [9.17, 15) is 9.36 Å². The summed E-state index contributed by atoms with van der Waals surface area (Å²) in [5.74, 6) is 0.294. The third-order valence-corrected chi connectivity index (χ3v) is 5.31. The molecule has 7 nitrogen and oxygen atoms in total. The first-order valence-electron chi connectivity index (χ1n) is 9.20. The number of amides is 1. The molecule has 1 amide bonds. The monoisotopic (exact) mass is 427 g/mol. The quantitative estimate of drug-likeness (QED) is 0.447. The molecule has 3 aromatic rings. The number of primary amides is 1. The molecule has 8 heteroatoms. The summed E-state index contributed by atoms with van der Waals surface area (Å²) in [4.78, 5) is 10.7. The van der Waals surface area contributed by atoms with Crippen molar-refractivity contribution in [1.29, 1.82) is 0 Å². The Morgan fingerprint density at radius 2 is 1.17 bits per heavy atom. The number of nitrogens with two attached hydrogens (primary N) is 1. The number of hydrogen-bond donors (Lipinski definition) is 1. The molecule has 0 heterocycles. The van der Waals surface area contributed by atoms with Crippen molar-refractivity contribution in [2.45, 2.75) is 19.8 Å². The molecule has 0 aliphatic heterocycles. The van der Waals surface area contributed by atoms with Gasteiger partial charge in [-0.1, -0.05) is 72.8 Å². The summed E-state index contributed by atoms with van der Waals surface area (Å²) in [6.07, 6.45) is -0.858. The van der Waals surface area contributed by atoms with E-state index in [1.165, 1.54) is 0 Å². The van der Waals surface area contributed by atoms with Gasteiger partial charge in [0, 0.05) is 0 Å². The number of carbonyl (C=O) groups excluding carboxylic acids is 1. The van der Waals surface area contributed by atoms with Gasteiger partial charge >= 0.3 is 13.9 Å². The van der Waals surface area contributed by atoms with Crippen molar-refractivity contribution < 1.29 is 27.7 Å². The molecule has 0 saturated heterocycles. The molecule has 3 rings (SSSR count). The Hall–Kier alpha value is -3.12. The molecule has 30 heavy (non-hydrogen) atoms. The minimum atomic E-state index is -3.92. The van der Waals surface area contributed by atoms with Crippen molar-refractivity contribution in [2.24, 2.45) is 5.73 Å². The van der Waals surface area contributed by atoms with Crippen LogP contribution in [0.3, 0.4) is 0 Å². The molecule has 0 radical (unpaired) electrons. The first kappa shape index (κ1) is 21.6. The summed E-state index contributed by atoms with van der Waals surface area (Å²) in [5, 5.41) is 0. The second-order valence-corrected chi connectivity index (χ2v) is 7.90. The summed E-state index contributed by atoms with van der Waals surface area (Å²) in [6, 6.07) is 25.1. The van der Waals surface area contributed by atoms with Crippen molar-refractivity contribution in [2.75, 3.05) is 0 Å². The summed E-state index contributed by atoms with van der Waals surface area (Å²) in [5.41, 5.74) is 7.33. The van der Waals surface area contributed by atoms with Crippen LogP contribution < -0.4 is 10.3 Å². The smallest absolute Gasteiger partial charge is 0.445 e. The lowest BCUT2D eigenvalue weighted by atomic mass is 10.2. The lowest BCUT2D eigenvalue weighted by Gasteiger charge is -2.19. The predicted molar refractivity (Wildman–Crippen MR) is 112 cm³/mol. The van der Waals surface area contributed by atoms with E-state index in [0.717, 1.165) is 11.1 Å². The Kier molecular flexibility index (Phi) is 7.63. The summed E-state index contributed by atoms with van der Waals surface area (Å²) < 4.78 is 34.8. The molecule has 2 N–H and O–H groups in total. The predicted octanol–water partition coefficient (Wildman–Crippen LogP) is 5.20. The van der Waals surface area contributed by atoms with Crippen molar-refractivity contribution in [3.05, 3.63) is 102 Å². The van der Waals surface area contributed by atoms with Gasteiger partial charge in [-0.05, 0) is 28.8 Å². The molecule has 0 fully saturated rings. The fourth-order valence-corrected chi connectivity index (χ4v) is 3.65. The van der Waals surface area contributed by atoms with Gasteiger partial charge in [-0.2, -0.15) is 0 Å². The normalized spacial score (nSPS) is 11.1. The van der Waals surface area contributed by atoms with Crippen LogP contribution in [0, 0.1) is 0 Å². The second kappa shape index (κ2) is 10.6. The molecule has 156 valence electrons. The molecule has 0 unspecified atom stereocenters. The molecule has 3 aromatic carbocycles. The molecule has 0 bridgehead atoms. The number of phosphoric acid groups is 1. The number of carbonyl (C=O) groups is 1. The lowest BCUT2D eigenvalue weighted by Crippen LogP contribution is -2.12. The van der Waals surface area contributed by atoms with Crippen LogP contribution >= 0.6 is 7.82 Å². The first-order chi connectivity index (χ1) is 14.5. The van der Waals surface area contributed by atoms with Gasteiger partial charge in [0.05, 0.1) is 13.2 Å². The Balaban J connectivity index is 1.69. The highest BCUT2D eigenvalue weighted by atomic mass is 31.2. The topological polar surface area (TPSA) is 97.1 Å². The minimum absolute atomic E-state index is 0.0300. The van der Waals surface area contributed by atoms with E-state index < -0.39 is 13.9 Å². The molecular weight excluding hydrogens is 405 g/mol. The zero-order chi connectivity index (χ0) is 21.2. The van der Waals surface area contributed by atoms with E-state index in [1.807, 2.05) is 60.7 Å². The standard InChI is InChI=1S/C22H22NO6P/c23-22(24)26-15-20-11-13-21(14-12-20)29-30(25,27-16-18-7-3-1-4-8-18)28-17-19-9-5-2-6-10-19/h1-14H,15-17H2,(H2,23,24). The van der Waals surface area contributed by atoms with Gasteiger partial charge in [-0.15, -0.1) is 0 Å².